The summed E-state index contributed by atoms with van der Waals surface area (Å²) >= 11 is 4.99. The number of nitrogens with zero attached hydrogens (tertiary/aromatic N) is 3. The van der Waals surface area contributed by atoms with Gasteiger partial charge < -0.3 is 0 Å². The molecular weight excluding hydrogens is 192 g/mol. The maximum atomic E-state index is 7.53. The largest absolute Gasteiger partial charge is 0.299 e. The van der Waals surface area contributed by atoms with Crippen molar-refractivity contribution in [2.45, 2.75) is 12.5 Å². The highest BCUT2D eigenvalue weighted by Crippen LogP contribution is 2.22. The molecule has 4 nitrogen and oxygen atoms in total. The Balaban J connectivity index is 2.39. The fraction of sp³-hybridized carbons (Fsp3) is 0.333. The number of hydrogen-bond acceptors (Lipinski definition) is 5. The Labute approximate surface area is 78.7 Å². The van der Waals surface area contributed by atoms with E-state index < -0.39 is 0 Å². The topological polar surface area (TPSA) is 60.9 Å². The Morgan fingerprint density at radius 3 is 3.33 bits per heavy atom. The van der Waals surface area contributed by atoms with Crippen molar-refractivity contribution in [1.82, 2.24) is 0 Å². The van der Waals surface area contributed by atoms with E-state index in [2.05, 4.69) is 25.9 Å². The van der Waals surface area contributed by atoms with E-state index in [1.165, 1.54) is 11.4 Å². The van der Waals surface area contributed by atoms with E-state index in [1.807, 2.05) is 0 Å². The fourth-order valence-electron chi connectivity index (χ4n) is 1.13. The van der Waals surface area contributed by atoms with E-state index in [0.29, 0.717) is 17.8 Å². The Hall–Kier alpha value is -0.750. The number of thiol groups is 1. The van der Waals surface area contributed by atoms with Crippen molar-refractivity contribution in [1.29, 1.82) is 5.41 Å². The molecule has 62 valence electrons. The predicted molar refractivity (Wildman–Crippen MR) is 52.9 cm³/mol. The minimum atomic E-state index is 0.0926. The van der Waals surface area contributed by atoms with E-state index in [-0.39, 0.29) is 6.04 Å². The molecule has 1 N–H and O–H groups in total. The van der Waals surface area contributed by atoms with Crippen molar-refractivity contribution in [3.8, 4) is 0 Å². The number of fused-ring (bicyclic) bond motifs is 1. The summed E-state index contributed by atoms with van der Waals surface area (Å²) < 4.78 is 11.9. The molecule has 1 aliphatic carbocycles. The smallest absolute Gasteiger partial charge is 0.112 e. The quantitative estimate of drug-likeness (QED) is 0.553. The lowest BCUT2D eigenvalue weighted by molar-refractivity contribution is 0.827. The molecule has 1 atom stereocenters. The molecule has 0 bridgehead atoms. The zero-order valence-electron chi connectivity index (χ0n) is 6.06. The first-order valence-corrected chi connectivity index (χ1v) is 4.53. The third-order valence-corrected chi connectivity index (χ3v) is 2.66. The van der Waals surface area contributed by atoms with Crippen LogP contribution < -0.4 is 0 Å². The zero-order valence-corrected chi connectivity index (χ0v) is 7.77. The molecule has 0 spiro atoms. The van der Waals surface area contributed by atoms with Gasteiger partial charge in [0, 0.05) is 6.42 Å². The maximum Gasteiger partial charge on any atom is 0.112 e. The molecule has 0 saturated heterocycles. The lowest BCUT2D eigenvalue weighted by atomic mass is 9.97. The first-order valence-electron chi connectivity index (χ1n) is 3.40. The second-order valence-corrected chi connectivity index (χ2v) is 3.28. The summed E-state index contributed by atoms with van der Waals surface area (Å²) in [6.07, 6.45) is 2.36. The first-order chi connectivity index (χ1) is 5.81. The lowest BCUT2D eigenvalue weighted by Crippen LogP contribution is -2.23. The molecule has 0 saturated carbocycles. The van der Waals surface area contributed by atoms with Crippen LogP contribution in [0.1, 0.15) is 6.42 Å². The molecule has 1 aliphatic heterocycles. The van der Waals surface area contributed by atoms with Gasteiger partial charge in [-0.05, 0) is 18.9 Å². The summed E-state index contributed by atoms with van der Waals surface area (Å²) in [6, 6.07) is 0.0926. The SMILES string of the molecule is N=C1C=C2N=S=NC2CC1=NS. The Morgan fingerprint density at radius 1 is 1.75 bits per heavy atom. The van der Waals surface area contributed by atoms with Crippen molar-refractivity contribution in [2.24, 2.45) is 13.1 Å². The molecule has 2 aliphatic rings. The number of allylic oxidation sites excluding steroid dienone is 1. The van der Waals surface area contributed by atoms with Crippen LogP contribution in [0.2, 0.25) is 0 Å². The molecule has 6 heteroatoms. The minimum Gasteiger partial charge on any atom is -0.299 e. The Bertz CT molecular complexity index is 362. The molecule has 2 rings (SSSR count). The van der Waals surface area contributed by atoms with Crippen molar-refractivity contribution in [3.05, 3.63) is 11.8 Å². The van der Waals surface area contributed by atoms with Crippen molar-refractivity contribution in [3.63, 3.8) is 0 Å². The second-order valence-electron chi connectivity index (χ2n) is 2.53. The van der Waals surface area contributed by atoms with Crippen LogP contribution in [0.15, 0.2) is 24.9 Å². The summed E-state index contributed by atoms with van der Waals surface area (Å²) in [6.45, 7) is 0. The van der Waals surface area contributed by atoms with Crippen LogP contribution in [0.25, 0.3) is 0 Å². The van der Waals surface area contributed by atoms with Gasteiger partial charge in [0.05, 0.1) is 28.5 Å². The van der Waals surface area contributed by atoms with Gasteiger partial charge in [0.25, 0.3) is 0 Å². The monoisotopic (exact) mass is 198 g/mol. The molecule has 0 aromatic heterocycles. The molecule has 0 aromatic carbocycles. The molecular formula is C6H6N4S2. The summed E-state index contributed by atoms with van der Waals surface area (Å²) in [5.41, 5.74) is 1.97. The van der Waals surface area contributed by atoms with Crippen molar-refractivity contribution >= 4 is 35.6 Å². The van der Waals surface area contributed by atoms with Gasteiger partial charge in [0.1, 0.15) is 6.04 Å². The number of rotatable bonds is 0. The van der Waals surface area contributed by atoms with Gasteiger partial charge in [-0.15, -0.1) is 0 Å². The molecule has 0 fully saturated rings. The molecule has 1 heterocycles. The normalized spacial score (nSPS) is 30.1. The fourth-order valence-corrected chi connectivity index (χ4v) is 1.93. The van der Waals surface area contributed by atoms with Crippen LogP contribution in [0.5, 0.6) is 0 Å². The predicted octanol–water partition coefficient (Wildman–Crippen LogP) is 1.41. The molecule has 0 amide bonds. The van der Waals surface area contributed by atoms with Gasteiger partial charge in [0.15, 0.2) is 0 Å². The van der Waals surface area contributed by atoms with Gasteiger partial charge in [0.2, 0.25) is 0 Å². The van der Waals surface area contributed by atoms with E-state index in [9.17, 15) is 0 Å². The highest BCUT2D eigenvalue weighted by Gasteiger charge is 2.25. The Kier molecular flexibility index (Phi) is 1.93. The zero-order chi connectivity index (χ0) is 8.55. The van der Waals surface area contributed by atoms with E-state index in [0.717, 1.165) is 5.70 Å². The summed E-state index contributed by atoms with van der Waals surface area (Å²) in [5, 5.41) is 7.53. The number of nitrogens with one attached hydrogen (secondary N) is 1. The lowest BCUT2D eigenvalue weighted by Gasteiger charge is -2.14. The van der Waals surface area contributed by atoms with Crippen LogP contribution in [0.3, 0.4) is 0 Å². The first kappa shape index (κ1) is 7.88. The van der Waals surface area contributed by atoms with Gasteiger partial charge in [-0.25, -0.2) is 8.76 Å². The standard InChI is InChI=1S/C6H6N4S2/c7-3-1-5-6(10-12-9-5)2-4(3)8-11/h1,6-7,11H,2H2. The second kappa shape index (κ2) is 2.95. The summed E-state index contributed by atoms with van der Waals surface area (Å²) in [7, 11) is 0. The van der Waals surface area contributed by atoms with Crippen LogP contribution in [-0.4, -0.2) is 17.5 Å². The van der Waals surface area contributed by atoms with Crippen LogP contribution in [0, 0.1) is 5.41 Å². The molecule has 0 radical (unpaired) electrons. The third kappa shape index (κ3) is 1.16. The van der Waals surface area contributed by atoms with Crippen LogP contribution in [0.4, 0.5) is 0 Å². The van der Waals surface area contributed by atoms with Crippen molar-refractivity contribution in [2.75, 3.05) is 0 Å². The molecule has 1 unspecified atom stereocenters. The average Bonchev–Trinajstić information content (AvgIpc) is 2.49. The molecule has 12 heavy (non-hydrogen) atoms. The van der Waals surface area contributed by atoms with Gasteiger partial charge in [-0.1, -0.05) is 0 Å². The summed E-state index contributed by atoms with van der Waals surface area (Å²) in [5.74, 6) is 0. The van der Waals surface area contributed by atoms with Gasteiger partial charge in [-0.3, -0.25) is 5.41 Å². The van der Waals surface area contributed by atoms with E-state index in [1.54, 1.807) is 6.08 Å². The van der Waals surface area contributed by atoms with Gasteiger partial charge >= 0.3 is 0 Å². The number of hydrogen-bond donors (Lipinski definition) is 2. The highest BCUT2D eigenvalue weighted by molar-refractivity contribution is 7.79. The minimum absolute atomic E-state index is 0.0926. The maximum absolute atomic E-state index is 7.53. The van der Waals surface area contributed by atoms with E-state index >= 15 is 0 Å². The summed E-state index contributed by atoms with van der Waals surface area (Å²) in [4.78, 5) is 0. The van der Waals surface area contributed by atoms with Gasteiger partial charge in [-0.2, -0.15) is 4.36 Å². The van der Waals surface area contributed by atoms with E-state index in [4.69, 9.17) is 5.41 Å². The highest BCUT2D eigenvalue weighted by atomic mass is 32.1. The Morgan fingerprint density at radius 2 is 2.58 bits per heavy atom. The average molecular weight is 198 g/mol. The van der Waals surface area contributed by atoms with Crippen molar-refractivity contribution < 1.29 is 0 Å². The third-order valence-electron chi connectivity index (χ3n) is 1.77. The van der Waals surface area contributed by atoms with Crippen LogP contribution in [-0.2, 0) is 11.4 Å². The molecule has 0 aromatic rings. The van der Waals surface area contributed by atoms with Crippen LogP contribution >= 0.6 is 12.8 Å².